The third-order valence-corrected chi connectivity index (χ3v) is 4.56. The van der Waals surface area contributed by atoms with E-state index in [0.29, 0.717) is 24.7 Å². The van der Waals surface area contributed by atoms with Gasteiger partial charge in [0, 0.05) is 18.8 Å². The molecule has 1 aliphatic heterocycles. The molecule has 4 rings (SSSR count). The van der Waals surface area contributed by atoms with Crippen molar-refractivity contribution in [2.45, 2.75) is 13.8 Å². The summed E-state index contributed by atoms with van der Waals surface area (Å²) < 4.78 is 7.06. The van der Waals surface area contributed by atoms with Crippen LogP contribution in [0.15, 0.2) is 43.1 Å². The molecular weight excluding hydrogens is 370 g/mol. The second kappa shape index (κ2) is 8.27. The van der Waals surface area contributed by atoms with Gasteiger partial charge in [-0.25, -0.2) is 19.4 Å². The molecule has 0 bridgehead atoms. The SMILES string of the molecule is Cc1cc(C)cc(NC(=O)Nc2cnn(-c3ncncc3N3CCOCC3)c2)c1. The van der Waals surface area contributed by atoms with Crippen molar-refractivity contribution >= 4 is 23.1 Å². The summed E-state index contributed by atoms with van der Waals surface area (Å²) in [6.45, 7) is 6.86. The van der Waals surface area contributed by atoms with Crippen LogP contribution in [-0.4, -0.2) is 52.1 Å². The second-order valence-corrected chi connectivity index (χ2v) is 6.96. The molecule has 2 aromatic heterocycles. The standard InChI is InChI=1S/C20H23N7O2/c1-14-7-15(2)9-16(8-14)24-20(28)25-17-10-23-27(12-17)19-18(11-21-13-22-19)26-3-5-29-6-4-26/h7-13H,3-6H2,1-2H3,(H2,24,25,28). The molecule has 9 heteroatoms. The first kappa shape index (κ1) is 18.9. The number of aryl methyl sites for hydroxylation is 2. The Morgan fingerprint density at radius 3 is 2.52 bits per heavy atom. The predicted octanol–water partition coefficient (Wildman–Crippen LogP) is 2.76. The molecule has 1 fully saturated rings. The minimum atomic E-state index is -0.328. The number of hydrogen-bond acceptors (Lipinski definition) is 6. The molecule has 2 amide bonds. The summed E-state index contributed by atoms with van der Waals surface area (Å²) in [5, 5.41) is 10.0. The number of amides is 2. The zero-order valence-electron chi connectivity index (χ0n) is 16.4. The van der Waals surface area contributed by atoms with Crippen molar-refractivity contribution in [3.8, 4) is 5.82 Å². The van der Waals surface area contributed by atoms with Crippen LogP contribution in [0.5, 0.6) is 0 Å². The number of ether oxygens (including phenoxy) is 1. The van der Waals surface area contributed by atoms with Gasteiger partial charge in [0.25, 0.3) is 0 Å². The average Bonchev–Trinajstić information content (AvgIpc) is 3.16. The Hall–Kier alpha value is -3.46. The summed E-state index contributed by atoms with van der Waals surface area (Å²) in [4.78, 5) is 23.1. The van der Waals surface area contributed by atoms with Gasteiger partial charge in [-0.3, -0.25) is 0 Å². The summed E-state index contributed by atoms with van der Waals surface area (Å²) in [6, 6.07) is 5.57. The number of morpholine rings is 1. The Bertz CT molecular complexity index is 991. The number of aromatic nitrogens is 4. The highest BCUT2D eigenvalue weighted by atomic mass is 16.5. The highest BCUT2D eigenvalue weighted by molar-refractivity contribution is 5.99. The summed E-state index contributed by atoms with van der Waals surface area (Å²) in [5.74, 6) is 0.657. The number of anilines is 3. The maximum atomic E-state index is 12.4. The van der Waals surface area contributed by atoms with Crippen molar-refractivity contribution in [1.29, 1.82) is 0 Å². The van der Waals surface area contributed by atoms with E-state index >= 15 is 0 Å². The fraction of sp³-hybridized carbons (Fsp3) is 0.300. The quantitative estimate of drug-likeness (QED) is 0.707. The number of urea groups is 1. The zero-order valence-corrected chi connectivity index (χ0v) is 16.4. The highest BCUT2D eigenvalue weighted by Crippen LogP contribution is 2.23. The van der Waals surface area contributed by atoms with Crippen LogP contribution < -0.4 is 15.5 Å². The van der Waals surface area contributed by atoms with E-state index in [4.69, 9.17) is 4.74 Å². The van der Waals surface area contributed by atoms with Gasteiger partial charge in [0.2, 0.25) is 0 Å². The smallest absolute Gasteiger partial charge is 0.323 e. The molecule has 150 valence electrons. The molecule has 1 saturated heterocycles. The lowest BCUT2D eigenvalue weighted by atomic mass is 10.1. The molecule has 0 radical (unpaired) electrons. The summed E-state index contributed by atoms with van der Waals surface area (Å²) in [7, 11) is 0. The first-order valence-electron chi connectivity index (χ1n) is 9.42. The molecule has 29 heavy (non-hydrogen) atoms. The van der Waals surface area contributed by atoms with E-state index in [1.54, 1.807) is 23.3 Å². The number of rotatable bonds is 4. The fourth-order valence-corrected chi connectivity index (χ4v) is 3.36. The van der Waals surface area contributed by atoms with Crippen molar-refractivity contribution in [2.24, 2.45) is 0 Å². The van der Waals surface area contributed by atoms with Gasteiger partial charge in [-0.05, 0) is 37.1 Å². The largest absolute Gasteiger partial charge is 0.378 e. The third kappa shape index (κ3) is 4.52. The summed E-state index contributed by atoms with van der Waals surface area (Å²) >= 11 is 0. The monoisotopic (exact) mass is 393 g/mol. The molecule has 0 spiro atoms. The Morgan fingerprint density at radius 2 is 1.76 bits per heavy atom. The number of benzene rings is 1. The van der Waals surface area contributed by atoms with E-state index in [1.807, 2.05) is 26.0 Å². The first-order chi connectivity index (χ1) is 14.1. The van der Waals surface area contributed by atoms with Crippen LogP contribution in [0, 0.1) is 13.8 Å². The van der Waals surface area contributed by atoms with E-state index < -0.39 is 0 Å². The molecule has 0 unspecified atom stereocenters. The Labute approximate surface area is 168 Å². The van der Waals surface area contributed by atoms with Crippen LogP contribution in [0.4, 0.5) is 21.9 Å². The zero-order chi connectivity index (χ0) is 20.2. The number of carbonyl (C=O) groups is 1. The second-order valence-electron chi connectivity index (χ2n) is 6.96. The lowest BCUT2D eigenvalue weighted by molar-refractivity contribution is 0.122. The molecule has 1 aliphatic rings. The van der Waals surface area contributed by atoms with Crippen LogP contribution in [0.25, 0.3) is 5.82 Å². The summed E-state index contributed by atoms with van der Waals surface area (Å²) in [6.07, 6.45) is 6.58. The summed E-state index contributed by atoms with van der Waals surface area (Å²) in [5.41, 5.74) is 4.38. The van der Waals surface area contributed by atoms with Crippen molar-refractivity contribution in [1.82, 2.24) is 19.7 Å². The van der Waals surface area contributed by atoms with Gasteiger partial charge < -0.3 is 20.3 Å². The minimum Gasteiger partial charge on any atom is -0.378 e. The average molecular weight is 393 g/mol. The first-order valence-corrected chi connectivity index (χ1v) is 9.42. The molecule has 3 aromatic rings. The lowest BCUT2D eigenvalue weighted by Gasteiger charge is -2.29. The normalized spacial score (nSPS) is 13.9. The minimum absolute atomic E-state index is 0.328. The van der Waals surface area contributed by atoms with Crippen LogP contribution in [0.2, 0.25) is 0 Å². The van der Waals surface area contributed by atoms with Crippen molar-refractivity contribution in [2.75, 3.05) is 41.8 Å². The van der Waals surface area contributed by atoms with E-state index in [2.05, 4.69) is 36.7 Å². The van der Waals surface area contributed by atoms with Gasteiger partial charge >= 0.3 is 6.03 Å². The van der Waals surface area contributed by atoms with Crippen LogP contribution in [-0.2, 0) is 4.74 Å². The van der Waals surface area contributed by atoms with Gasteiger partial charge in [0.15, 0.2) is 5.82 Å². The number of hydrogen-bond donors (Lipinski definition) is 2. The maximum absolute atomic E-state index is 12.4. The van der Waals surface area contributed by atoms with E-state index in [1.165, 1.54) is 6.33 Å². The van der Waals surface area contributed by atoms with Crippen LogP contribution in [0.3, 0.4) is 0 Å². The Balaban J connectivity index is 1.48. The van der Waals surface area contributed by atoms with Gasteiger partial charge in [-0.15, -0.1) is 0 Å². The van der Waals surface area contributed by atoms with E-state index in [0.717, 1.165) is 35.6 Å². The van der Waals surface area contributed by atoms with Crippen LogP contribution >= 0.6 is 0 Å². The Morgan fingerprint density at radius 1 is 1.03 bits per heavy atom. The van der Waals surface area contributed by atoms with E-state index in [9.17, 15) is 4.79 Å². The molecule has 2 N–H and O–H groups in total. The fourth-order valence-electron chi connectivity index (χ4n) is 3.36. The van der Waals surface area contributed by atoms with Gasteiger partial charge in [0.05, 0.1) is 37.5 Å². The van der Waals surface area contributed by atoms with Crippen molar-refractivity contribution in [3.05, 3.63) is 54.2 Å². The predicted molar refractivity (Wildman–Crippen MR) is 111 cm³/mol. The topological polar surface area (TPSA) is 97.2 Å². The van der Waals surface area contributed by atoms with Gasteiger partial charge in [0.1, 0.15) is 12.0 Å². The van der Waals surface area contributed by atoms with Gasteiger partial charge in [-0.1, -0.05) is 6.07 Å². The molecule has 0 atom stereocenters. The lowest BCUT2D eigenvalue weighted by Crippen LogP contribution is -2.37. The van der Waals surface area contributed by atoms with Crippen molar-refractivity contribution < 1.29 is 9.53 Å². The maximum Gasteiger partial charge on any atom is 0.323 e. The third-order valence-electron chi connectivity index (χ3n) is 4.56. The van der Waals surface area contributed by atoms with Gasteiger partial charge in [-0.2, -0.15) is 5.10 Å². The molecule has 9 nitrogen and oxygen atoms in total. The molecule has 0 saturated carbocycles. The highest BCUT2D eigenvalue weighted by Gasteiger charge is 2.18. The number of nitrogens with one attached hydrogen (secondary N) is 2. The number of nitrogens with zero attached hydrogens (tertiary/aromatic N) is 5. The van der Waals surface area contributed by atoms with E-state index in [-0.39, 0.29) is 6.03 Å². The molecule has 1 aromatic carbocycles. The molecule has 0 aliphatic carbocycles. The molecule has 3 heterocycles. The molecular formula is C20H23N7O2. The number of carbonyl (C=O) groups excluding carboxylic acids is 1. The Kier molecular flexibility index (Phi) is 5.39. The van der Waals surface area contributed by atoms with Crippen LogP contribution in [0.1, 0.15) is 11.1 Å². The van der Waals surface area contributed by atoms with Crippen molar-refractivity contribution in [3.63, 3.8) is 0 Å².